The van der Waals surface area contributed by atoms with Crippen LogP contribution in [0, 0.1) is 0 Å². The Morgan fingerprint density at radius 3 is 2.70 bits per heavy atom. The second kappa shape index (κ2) is 6.51. The molecule has 2 heterocycles. The van der Waals surface area contributed by atoms with Gasteiger partial charge in [0.25, 0.3) is 0 Å². The van der Waals surface area contributed by atoms with E-state index in [2.05, 4.69) is 10.2 Å². The monoisotopic (exact) mass is 286 g/mol. The van der Waals surface area contributed by atoms with Gasteiger partial charge in [-0.05, 0) is 13.0 Å². The zero-order valence-corrected chi connectivity index (χ0v) is 12.0. The summed E-state index contributed by atoms with van der Waals surface area (Å²) in [5.41, 5.74) is 0. The highest BCUT2D eigenvalue weighted by Crippen LogP contribution is 2.29. The van der Waals surface area contributed by atoms with Crippen molar-refractivity contribution in [1.29, 1.82) is 0 Å². The standard InChI is InChI=1S/C13H22N2O5/c1-10(16)14-11(12(17)18-2)8-15-5-3-4-13(9-15)19-6-7-20-13/h11H,3-9H2,1-2H3,(H,14,16). The lowest BCUT2D eigenvalue weighted by Crippen LogP contribution is -2.55. The molecule has 1 spiro atoms. The van der Waals surface area contributed by atoms with Crippen LogP contribution in [-0.4, -0.2) is 68.6 Å². The van der Waals surface area contributed by atoms with E-state index >= 15 is 0 Å². The normalized spacial score (nSPS) is 23.5. The van der Waals surface area contributed by atoms with Crippen LogP contribution in [0.1, 0.15) is 19.8 Å². The van der Waals surface area contributed by atoms with Crippen molar-refractivity contribution < 1.29 is 23.8 Å². The second-order valence-corrected chi connectivity index (χ2v) is 5.22. The number of rotatable bonds is 4. The summed E-state index contributed by atoms with van der Waals surface area (Å²) < 4.78 is 16.1. The molecule has 1 N–H and O–H groups in total. The van der Waals surface area contributed by atoms with E-state index < -0.39 is 17.8 Å². The van der Waals surface area contributed by atoms with Gasteiger partial charge in [0.15, 0.2) is 5.79 Å². The van der Waals surface area contributed by atoms with E-state index in [9.17, 15) is 9.59 Å². The Labute approximate surface area is 118 Å². The number of hydrogen-bond acceptors (Lipinski definition) is 6. The van der Waals surface area contributed by atoms with Gasteiger partial charge in [0, 0.05) is 19.9 Å². The van der Waals surface area contributed by atoms with Crippen molar-refractivity contribution in [2.45, 2.75) is 31.6 Å². The molecule has 20 heavy (non-hydrogen) atoms. The maximum absolute atomic E-state index is 11.7. The van der Waals surface area contributed by atoms with Crippen molar-refractivity contribution in [2.24, 2.45) is 0 Å². The van der Waals surface area contributed by atoms with Crippen LogP contribution in [0.2, 0.25) is 0 Å². The van der Waals surface area contributed by atoms with Crippen LogP contribution in [0.25, 0.3) is 0 Å². The molecule has 2 aliphatic rings. The molecule has 2 saturated heterocycles. The minimum atomic E-state index is -0.658. The molecule has 0 aliphatic carbocycles. The number of carbonyl (C=O) groups excluding carboxylic acids is 2. The fraction of sp³-hybridized carbons (Fsp3) is 0.846. The first kappa shape index (κ1) is 15.2. The molecule has 1 atom stereocenters. The predicted molar refractivity (Wildman–Crippen MR) is 69.9 cm³/mol. The molecule has 2 aliphatic heterocycles. The number of esters is 1. The summed E-state index contributed by atoms with van der Waals surface area (Å²) in [4.78, 5) is 25.0. The lowest BCUT2D eigenvalue weighted by atomic mass is 10.0. The van der Waals surface area contributed by atoms with Crippen LogP contribution in [0.5, 0.6) is 0 Å². The van der Waals surface area contributed by atoms with E-state index in [0.29, 0.717) is 26.3 Å². The van der Waals surface area contributed by atoms with E-state index in [-0.39, 0.29) is 5.91 Å². The minimum Gasteiger partial charge on any atom is -0.467 e. The highest BCUT2D eigenvalue weighted by Gasteiger charge is 2.41. The summed E-state index contributed by atoms with van der Waals surface area (Å²) in [5, 5.41) is 2.62. The summed E-state index contributed by atoms with van der Waals surface area (Å²) in [6.07, 6.45) is 1.81. The van der Waals surface area contributed by atoms with E-state index in [1.54, 1.807) is 0 Å². The number of likely N-dealkylation sites (tertiary alicyclic amines) is 1. The molecule has 2 rings (SSSR count). The zero-order chi connectivity index (χ0) is 14.6. The summed E-state index contributed by atoms with van der Waals surface area (Å²) in [6, 6.07) is -0.658. The number of methoxy groups -OCH3 is 1. The number of carbonyl (C=O) groups is 2. The van der Waals surface area contributed by atoms with Gasteiger partial charge in [-0.2, -0.15) is 0 Å². The number of nitrogens with zero attached hydrogens (tertiary/aromatic N) is 1. The van der Waals surface area contributed by atoms with E-state index in [4.69, 9.17) is 14.2 Å². The van der Waals surface area contributed by atoms with Crippen LogP contribution in [-0.2, 0) is 23.8 Å². The molecule has 7 nitrogen and oxygen atoms in total. The van der Waals surface area contributed by atoms with Gasteiger partial charge in [-0.15, -0.1) is 0 Å². The Hall–Kier alpha value is -1.18. The minimum absolute atomic E-state index is 0.250. The highest BCUT2D eigenvalue weighted by molar-refractivity contribution is 5.83. The maximum Gasteiger partial charge on any atom is 0.329 e. The van der Waals surface area contributed by atoms with E-state index in [0.717, 1.165) is 19.4 Å². The lowest BCUT2D eigenvalue weighted by Gasteiger charge is -2.39. The number of amides is 1. The molecule has 114 valence electrons. The van der Waals surface area contributed by atoms with Crippen molar-refractivity contribution in [3.63, 3.8) is 0 Å². The number of nitrogens with one attached hydrogen (secondary N) is 1. The van der Waals surface area contributed by atoms with Crippen LogP contribution in [0.15, 0.2) is 0 Å². The average Bonchev–Trinajstić information content (AvgIpc) is 2.84. The molecule has 7 heteroatoms. The first-order chi connectivity index (χ1) is 9.54. The average molecular weight is 286 g/mol. The molecule has 1 amide bonds. The van der Waals surface area contributed by atoms with Crippen molar-refractivity contribution in [2.75, 3.05) is 40.0 Å². The van der Waals surface area contributed by atoms with Crippen LogP contribution in [0.3, 0.4) is 0 Å². The maximum atomic E-state index is 11.7. The molecular weight excluding hydrogens is 264 g/mol. The third-order valence-corrected chi connectivity index (χ3v) is 3.61. The SMILES string of the molecule is COC(=O)C(CN1CCCC2(C1)OCCO2)NC(C)=O. The Morgan fingerprint density at radius 2 is 2.10 bits per heavy atom. The Balaban J connectivity index is 1.95. The molecule has 0 saturated carbocycles. The van der Waals surface area contributed by atoms with Gasteiger partial charge < -0.3 is 19.5 Å². The number of hydrogen-bond donors (Lipinski definition) is 1. The third kappa shape index (κ3) is 3.68. The summed E-state index contributed by atoms with van der Waals surface area (Å²) in [5.74, 6) is -1.22. The van der Waals surface area contributed by atoms with E-state index in [1.807, 2.05) is 0 Å². The van der Waals surface area contributed by atoms with Crippen LogP contribution >= 0.6 is 0 Å². The van der Waals surface area contributed by atoms with Crippen LogP contribution < -0.4 is 5.32 Å². The molecule has 1 unspecified atom stereocenters. The molecule has 0 aromatic rings. The fourth-order valence-electron chi connectivity index (χ4n) is 2.78. The van der Waals surface area contributed by atoms with Gasteiger partial charge in [0.2, 0.25) is 5.91 Å². The molecule has 0 aromatic carbocycles. The summed E-state index contributed by atoms with van der Waals surface area (Å²) in [6.45, 7) is 4.47. The first-order valence-corrected chi connectivity index (χ1v) is 6.90. The van der Waals surface area contributed by atoms with E-state index in [1.165, 1.54) is 14.0 Å². The van der Waals surface area contributed by atoms with Crippen molar-refractivity contribution >= 4 is 11.9 Å². The van der Waals surface area contributed by atoms with Gasteiger partial charge in [0.05, 0.1) is 26.9 Å². The van der Waals surface area contributed by atoms with Crippen molar-refractivity contribution in [1.82, 2.24) is 10.2 Å². The third-order valence-electron chi connectivity index (χ3n) is 3.61. The van der Waals surface area contributed by atoms with Crippen LogP contribution in [0.4, 0.5) is 0 Å². The van der Waals surface area contributed by atoms with Crippen molar-refractivity contribution in [3.05, 3.63) is 0 Å². The summed E-state index contributed by atoms with van der Waals surface area (Å²) in [7, 11) is 1.32. The van der Waals surface area contributed by atoms with Gasteiger partial charge in [-0.25, -0.2) is 4.79 Å². The van der Waals surface area contributed by atoms with Gasteiger partial charge >= 0.3 is 5.97 Å². The molecule has 0 aromatic heterocycles. The Kier molecular flexibility index (Phi) is 4.95. The molecule has 0 radical (unpaired) electrons. The highest BCUT2D eigenvalue weighted by atomic mass is 16.7. The Bertz CT molecular complexity index is 368. The second-order valence-electron chi connectivity index (χ2n) is 5.22. The number of piperidine rings is 1. The molecule has 0 bridgehead atoms. The quantitative estimate of drug-likeness (QED) is 0.702. The molecular formula is C13H22N2O5. The van der Waals surface area contributed by atoms with Gasteiger partial charge in [-0.1, -0.05) is 0 Å². The summed E-state index contributed by atoms with van der Waals surface area (Å²) >= 11 is 0. The zero-order valence-electron chi connectivity index (χ0n) is 12.0. The number of ether oxygens (including phenoxy) is 3. The smallest absolute Gasteiger partial charge is 0.329 e. The van der Waals surface area contributed by atoms with Gasteiger partial charge in [-0.3, -0.25) is 9.69 Å². The molecule has 2 fully saturated rings. The predicted octanol–water partition coefficient (Wildman–Crippen LogP) is -0.497. The first-order valence-electron chi connectivity index (χ1n) is 6.90. The fourth-order valence-corrected chi connectivity index (χ4v) is 2.78. The topological polar surface area (TPSA) is 77.1 Å². The van der Waals surface area contributed by atoms with Crippen molar-refractivity contribution in [3.8, 4) is 0 Å². The Morgan fingerprint density at radius 1 is 1.40 bits per heavy atom. The largest absolute Gasteiger partial charge is 0.467 e. The lowest BCUT2D eigenvalue weighted by molar-refractivity contribution is -0.190. The van der Waals surface area contributed by atoms with Gasteiger partial charge in [0.1, 0.15) is 6.04 Å².